The fourth-order valence-corrected chi connectivity index (χ4v) is 10.2. The van der Waals surface area contributed by atoms with Gasteiger partial charge in [0, 0.05) is 12.8 Å². The first-order valence-electron chi connectivity index (χ1n) is 37.3. The zero-order valence-electron chi connectivity index (χ0n) is 59.5. The molecule has 0 heterocycles. The smallest absolute Gasteiger partial charge is 0.361 e. The van der Waals surface area contributed by atoms with Gasteiger partial charge in [-0.05, 0) is 116 Å². The monoisotopic (exact) mass is 1270 g/mol. The van der Waals surface area contributed by atoms with E-state index in [9.17, 15) is 19.5 Å². The summed E-state index contributed by atoms with van der Waals surface area (Å²) in [6.07, 6.45) is 100. The molecule has 0 radical (unpaired) electrons. The molecule has 0 saturated carbocycles. The number of likely N-dealkylation sites (N-methyl/N-ethyl adjacent to an activating group) is 1. The van der Waals surface area contributed by atoms with Crippen molar-refractivity contribution < 1.29 is 42.9 Å². The fourth-order valence-electron chi connectivity index (χ4n) is 10.2. The highest BCUT2D eigenvalue weighted by atomic mass is 16.7. The first-order valence-corrected chi connectivity index (χ1v) is 37.3. The van der Waals surface area contributed by atoms with Crippen LogP contribution in [0.2, 0.25) is 0 Å². The molecule has 0 aliphatic carbocycles. The molecular formula is C82H140NO8+. The number of hydrogen-bond acceptors (Lipinski definition) is 7. The molecule has 9 nitrogen and oxygen atoms in total. The van der Waals surface area contributed by atoms with Crippen LogP contribution in [-0.4, -0.2) is 87.4 Å². The molecule has 0 rings (SSSR count). The third kappa shape index (κ3) is 72.7. The summed E-state index contributed by atoms with van der Waals surface area (Å²) in [5.74, 6) is -2.02. The molecule has 0 spiro atoms. The third-order valence-corrected chi connectivity index (χ3v) is 15.9. The number of ether oxygens (including phenoxy) is 4. The molecule has 0 bridgehead atoms. The van der Waals surface area contributed by atoms with Gasteiger partial charge in [-0.3, -0.25) is 9.59 Å². The predicted octanol–water partition coefficient (Wildman–Crippen LogP) is 23.7. The first-order chi connectivity index (χ1) is 44.6. The maximum atomic E-state index is 13.0. The highest BCUT2D eigenvalue weighted by Gasteiger charge is 2.25. The number of carboxylic acid groups (broad SMARTS) is 1. The second-order valence-corrected chi connectivity index (χ2v) is 25.9. The summed E-state index contributed by atoms with van der Waals surface area (Å²) in [7, 11) is 5.97. The van der Waals surface area contributed by atoms with Crippen molar-refractivity contribution in [3.05, 3.63) is 134 Å². The second-order valence-electron chi connectivity index (χ2n) is 25.9. The van der Waals surface area contributed by atoms with E-state index in [2.05, 4.69) is 148 Å². The number of quaternary nitrogens is 1. The van der Waals surface area contributed by atoms with Crippen molar-refractivity contribution in [2.75, 3.05) is 47.5 Å². The van der Waals surface area contributed by atoms with Crippen molar-refractivity contribution in [1.82, 2.24) is 0 Å². The maximum Gasteiger partial charge on any atom is 0.361 e. The lowest BCUT2D eigenvalue weighted by Crippen LogP contribution is -2.40. The molecule has 0 aromatic carbocycles. The Morgan fingerprint density at radius 2 is 0.626 bits per heavy atom. The summed E-state index contributed by atoms with van der Waals surface area (Å²) in [4.78, 5) is 37.7. The summed E-state index contributed by atoms with van der Waals surface area (Å²) in [6, 6.07) is 0. The molecule has 0 aliphatic heterocycles. The van der Waals surface area contributed by atoms with Crippen molar-refractivity contribution in [3.8, 4) is 0 Å². The normalized spacial score (nSPS) is 13.5. The zero-order valence-corrected chi connectivity index (χ0v) is 59.5. The lowest BCUT2D eigenvalue weighted by molar-refractivity contribution is -0.870. The van der Waals surface area contributed by atoms with Crippen LogP contribution >= 0.6 is 0 Å². The van der Waals surface area contributed by atoms with E-state index < -0.39 is 24.3 Å². The van der Waals surface area contributed by atoms with Crippen molar-refractivity contribution in [2.24, 2.45) is 0 Å². The predicted molar refractivity (Wildman–Crippen MR) is 391 cm³/mol. The summed E-state index contributed by atoms with van der Waals surface area (Å²) in [6.45, 7) is 4.76. The Labute approximate surface area is 560 Å². The number of aliphatic carboxylic acids is 1. The van der Waals surface area contributed by atoms with Crippen LogP contribution in [0.3, 0.4) is 0 Å². The molecule has 0 aliphatic rings. The minimum absolute atomic E-state index is 0.179. The quantitative estimate of drug-likeness (QED) is 0.0211. The summed E-state index contributed by atoms with van der Waals surface area (Å²) < 4.78 is 23.0. The van der Waals surface area contributed by atoms with Gasteiger partial charge in [0.25, 0.3) is 6.29 Å². The van der Waals surface area contributed by atoms with Crippen molar-refractivity contribution in [2.45, 2.75) is 322 Å². The van der Waals surface area contributed by atoms with E-state index in [0.29, 0.717) is 23.9 Å². The third-order valence-electron chi connectivity index (χ3n) is 15.9. The number of rotatable bonds is 68. The number of nitrogens with zero attached hydrogens (tertiary/aromatic N) is 1. The molecule has 2 atom stereocenters. The molecule has 0 aromatic heterocycles. The minimum Gasteiger partial charge on any atom is -0.477 e. The van der Waals surface area contributed by atoms with Crippen LogP contribution in [-0.2, 0) is 33.3 Å². The fraction of sp³-hybridized carbons (Fsp3) is 0.695. The average Bonchev–Trinajstić information content (AvgIpc) is 3.50. The van der Waals surface area contributed by atoms with Crippen molar-refractivity contribution in [1.29, 1.82) is 0 Å². The first kappa shape index (κ1) is 86.4. The van der Waals surface area contributed by atoms with Crippen LogP contribution in [0.1, 0.15) is 309 Å². The van der Waals surface area contributed by atoms with Gasteiger partial charge in [-0.15, -0.1) is 0 Å². The van der Waals surface area contributed by atoms with E-state index in [0.717, 1.165) is 122 Å². The van der Waals surface area contributed by atoms with Crippen LogP contribution in [0.5, 0.6) is 0 Å². The Bertz CT molecular complexity index is 1960. The Morgan fingerprint density at radius 3 is 0.945 bits per heavy atom. The molecule has 91 heavy (non-hydrogen) atoms. The van der Waals surface area contributed by atoms with Gasteiger partial charge in [0.15, 0.2) is 6.10 Å². The van der Waals surface area contributed by atoms with Crippen LogP contribution in [0, 0.1) is 0 Å². The lowest BCUT2D eigenvalue weighted by atomic mass is 10.0. The van der Waals surface area contributed by atoms with E-state index in [1.54, 1.807) is 0 Å². The maximum absolute atomic E-state index is 13.0. The molecule has 0 fully saturated rings. The van der Waals surface area contributed by atoms with E-state index in [1.165, 1.54) is 154 Å². The molecule has 0 amide bonds. The Hall–Kier alpha value is -4.57. The van der Waals surface area contributed by atoms with Crippen LogP contribution in [0.4, 0.5) is 0 Å². The topological polar surface area (TPSA) is 108 Å². The standard InChI is InChI=1S/C82H139NO8/c1-6-8-10-12-14-16-18-20-22-24-26-28-30-32-34-36-37-38-39-40-41-42-43-45-47-49-51-53-55-57-59-61-63-65-67-69-71-73-80(85)91-78(77-90-82(81(86)87)88-75-74-83(3,4)5)76-89-79(84)72-70-68-66-64-62-60-58-56-54-52-50-48-46-44-35-33-31-29-27-25-23-21-19-17-15-13-11-9-7-2/h8,10,14,16,20,22,25-28,32,34,37-38,40-41,43,45,49,51,55,57,78,82H,6-7,9,11-13,15,17-19,21,23-24,29-31,33,35-36,39,42,44,46-48,50,52-54,56,58-77H2,1-5H3/p+1/b10-8-,16-14-,22-20-,27-25-,28-26-,34-32-,38-37-,41-40-,45-43-,51-49-,57-55-. The summed E-state index contributed by atoms with van der Waals surface area (Å²) in [5, 5.41) is 9.76. The highest BCUT2D eigenvalue weighted by molar-refractivity contribution is 5.71. The molecule has 9 heteroatoms. The van der Waals surface area contributed by atoms with Gasteiger partial charge in [0.1, 0.15) is 13.2 Å². The van der Waals surface area contributed by atoms with E-state index in [4.69, 9.17) is 18.9 Å². The molecular weight excluding hydrogens is 1130 g/mol. The molecule has 1 N–H and O–H groups in total. The number of hydrogen-bond donors (Lipinski definition) is 1. The van der Waals surface area contributed by atoms with E-state index in [1.807, 2.05) is 21.1 Å². The molecule has 520 valence electrons. The molecule has 0 saturated heterocycles. The Kier molecular flexibility index (Phi) is 67.7. The van der Waals surface area contributed by atoms with Crippen molar-refractivity contribution in [3.63, 3.8) is 0 Å². The average molecular weight is 1270 g/mol. The zero-order chi connectivity index (χ0) is 66.1. The van der Waals surface area contributed by atoms with Gasteiger partial charge in [0.05, 0.1) is 34.4 Å². The Balaban J connectivity index is 4.17. The highest BCUT2D eigenvalue weighted by Crippen LogP contribution is 2.17. The van der Waals surface area contributed by atoms with Crippen LogP contribution < -0.4 is 0 Å². The van der Waals surface area contributed by atoms with Crippen LogP contribution in [0.25, 0.3) is 0 Å². The second kappa shape index (κ2) is 71.3. The number of unbranched alkanes of at least 4 members (excludes halogenated alkanes) is 31. The summed E-state index contributed by atoms with van der Waals surface area (Å²) >= 11 is 0. The van der Waals surface area contributed by atoms with Gasteiger partial charge in [-0.2, -0.15) is 0 Å². The summed E-state index contributed by atoms with van der Waals surface area (Å²) in [5.41, 5.74) is 0. The van der Waals surface area contributed by atoms with E-state index in [-0.39, 0.29) is 32.2 Å². The van der Waals surface area contributed by atoms with Gasteiger partial charge in [-0.25, -0.2) is 4.79 Å². The van der Waals surface area contributed by atoms with Gasteiger partial charge in [-0.1, -0.05) is 314 Å². The van der Waals surface area contributed by atoms with E-state index >= 15 is 0 Å². The van der Waals surface area contributed by atoms with Gasteiger partial charge in [0.2, 0.25) is 0 Å². The van der Waals surface area contributed by atoms with Gasteiger partial charge < -0.3 is 28.5 Å². The largest absolute Gasteiger partial charge is 0.477 e. The Morgan fingerprint density at radius 1 is 0.341 bits per heavy atom. The number of carbonyl (C=O) groups is 3. The number of carbonyl (C=O) groups excluding carboxylic acids is 2. The minimum atomic E-state index is -1.52. The SMILES string of the molecule is CC/C=C\C/C=C\C/C=C\C/C=C\C/C=C\C/C=C\C/C=C\C/C=C\C/C=C\C/C=C\CCCCCCCCC(=O)OC(COC(=O)CCCCCCCCCCCCCCCCCCC/C=C\CCCCCCCCCC)COC(OCC[N+](C)(C)C)C(=O)O. The number of allylic oxidation sites excluding steroid dienone is 22. The van der Waals surface area contributed by atoms with Crippen molar-refractivity contribution >= 4 is 17.9 Å². The van der Waals surface area contributed by atoms with Crippen LogP contribution in [0.15, 0.2) is 134 Å². The number of esters is 2. The number of carboxylic acids is 1. The van der Waals surface area contributed by atoms with Gasteiger partial charge >= 0.3 is 17.9 Å². The molecule has 0 aromatic rings. The molecule has 2 unspecified atom stereocenters. The lowest BCUT2D eigenvalue weighted by Gasteiger charge is -2.25.